The molecule has 1 fully saturated rings. The molecule has 6 heteroatoms. The normalized spacial score (nSPS) is 15.6. The predicted octanol–water partition coefficient (Wildman–Crippen LogP) is 4.08. The molecule has 2 amide bonds. The molecule has 0 aromatic heterocycles. The van der Waals surface area contributed by atoms with E-state index in [1.54, 1.807) is 48.5 Å². The molecule has 0 unspecified atom stereocenters. The fourth-order valence-corrected chi connectivity index (χ4v) is 3.42. The maximum Gasteiger partial charge on any atom is 0.323 e. The first-order chi connectivity index (χ1) is 12.5. The average Bonchev–Trinajstić information content (AvgIpc) is 2.63. The molecule has 26 heavy (non-hydrogen) atoms. The van der Waals surface area contributed by atoms with Gasteiger partial charge in [-0.15, -0.1) is 0 Å². The maximum atomic E-state index is 12.9. The topological polar surface area (TPSA) is 66.6 Å². The van der Waals surface area contributed by atoms with E-state index in [0.29, 0.717) is 22.0 Å². The number of nitrogens with two attached hydrogens (primary N) is 1. The molecule has 1 heterocycles. The zero-order valence-corrected chi connectivity index (χ0v) is 15.4. The molecule has 0 atom stereocenters. The van der Waals surface area contributed by atoms with Gasteiger partial charge in [-0.25, -0.2) is 4.79 Å². The van der Waals surface area contributed by atoms with Gasteiger partial charge in [0.1, 0.15) is 0 Å². The van der Waals surface area contributed by atoms with Gasteiger partial charge in [0.2, 0.25) is 0 Å². The Kier molecular flexibility index (Phi) is 5.59. The van der Waals surface area contributed by atoms with Gasteiger partial charge in [0.05, 0.1) is 11.4 Å². The molecule has 1 aliphatic rings. The summed E-state index contributed by atoms with van der Waals surface area (Å²) in [5.74, 6) is 0.152. The number of benzene rings is 2. The fourth-order valence-electron chi connectivity index (χ4n) is 3.30. The quantitative estimate of drug-likeness (QED) is 0.823. The van der Waals surface area contributed by atoms with Crippen molar-refractivity contribution < 1.29 is 9.59 Å². The first-order valence-corrected chi connectivity index (χ1v) is 9.01. The van der Waals surface area contributed by atoms with Gasteiger partial charge in [0.25, 0.3) is 0 Å². The number of urea groups is 1. The number of carbonyl (C=O) groups excluding carboxylic acids is 2. The van der Waals surface area contributed by atoms with Crippen LogP contribution < -0.4 is 10.6 Å². The van der Waals surface area contributed by atoms with Gasteiger partial charge in [-0.1, -0.05) is 23.7 Å². The van der Waals surface area contributed by atoms with E-state index in [1.807, 2.05) is 0 Å². The van der Waals surface area contributed by atoms with E-state index in [1.165, 1.54) is 4.90 Å². The first-order valence-electron chi connectivity index (χ1n) is 8.63. The second kappa shape index (κ2) is 7.89. The molecule has 0 radical (unpaired) electrons. The highest BCUT2D eigenvalue weighted by Crippen LogP contribution is 2.29. The highest BCUT2D eigenvalue weighted by Gasteiger charge is 2.25. The molecular formula is C20H22ClN3O2. The second-order valence-electron chi connectivity index (χ2n) is 6.64. The monoisotopic (exact) mass is 371 g/mol. The Balaban J connectivity index is 1.88. The van der Waals surface area contributed by atoms with Crippen molar-refractivity contribution >= 4 is 34.8 Å². The van der Waals surface area contributed by atoms with Crippen LogP contribution in [0.4, 0.5) is 16.2 Å². The molecule has 2 aromatic carbocycles. The summed E-state index contributed by atoms with van der Waals surface area (Å²) in [5.41, 5.74) is 7.37. The molecular weight excluding hydrogens is 350 g/mol. The van der Waals surface area contributed by atoms with E-state index < -0.39 is 6.03 Å². The smallest absolute Gasteiger partial charge is 0.323 e. The largest absolute Gasteiger partial charge is 0.351 e. The zero-order valence-electron chi connectivity index (χ0n) is 14.7. The lowest BCUT2D eigenvalue weighted by atomic mass is 9.89. The molecule has 3 rings (SSSR count). The maximum absolute atomic E-state index is 12.9. The van der Waals surface area contributed by atoms with Crippen molar-refractivity contribution in [3.8, 4) is 0 Å². The highest BCUT2D eigenvalue weighted by atomic mass is 35.5. The molecule has 1 saturated heterocycles. The molecule has 0 saturated carbocycles. The van der Waals surface area contributed by atoms with Crippen LogP contribution in [0.25, 0.3) is 0 Å². The van der Waals surface area contributed by atoms with Gasteiger partial charge in [-0.2, -0.15) is 0 Å². The molecule has 0 spiro atoms. The number of rotatable bonds is 4. The molecule has 5 nitrogen and oxygen atoms in total. The number of amides is 2. The lowest BCUT2D eigenvalue weighted by Gasteiger charge is -2.28. The summed E-state index contributed by atoms with van der Waals surface area (Å²) in [6.45, 7) is 1.85. The number of nitrogens with zero attached hydrogens (tertiary/aromatic N) is 2. The Morgan fingerprint density at radius 3 is 2.35 bits per heavy atom. The summed E-state index contributed by atoms with van der Waals surface area (Å²) in [7, 11) is 2.07. The number of primary amides is 1. The van der Waals surface area contributed by atoms with Crippen LogP contribution in [0.15, 0.2) is 48.5 Å². The Bertz CT molecular complexity index is 799. The zero-order chi connectivity index (χ0) is 18.7. The van der Waals surface area contributed by atoms with Crippen molar-refractivity contribution in [2.75, 3.05) is 25.0 Å². The van der Waals surface area contributed by atoms with Crippen LogP contribution >= 0.6 is 11.6 Å². The number of anilines is 2. The lowest BCUT2D eigenvalue weighted by molar-refractivity contribution is 0.0857. The molecule has 2 N–H and O–H groups in total. The average molecular weight is 372 g/mol. The van der Waals surface area contributed by atoms with Crippen molar-refractivity contribution in [3.63, 3.8) is 0 Å². The third kappa shape index (κ3) is 4.06. The predicted molar refractivity (Wildman–Crippen MR) is 104 cm³/mol. The van der Waals surface area contributed by atoms with Gasteiger partial charge >= 0.3 is 6.03 Å². The summed E-state index contributed by atoms with van der Waals surface area (Å²) in [5, 5.41) is 0.573. The van der Waals surface area contributed by atoms with Crippen molar-refractivity contribution in [1.82, 2.24) is 4.90 Å². The van der Waals surface area contributed by atoms with Crippen LogP contribution in [0.1, 0.15) is 23.2 Å². The van der Waals surface area contributed by atoms with Crippen LogP contribution in [0.2, 0.25) is 5.02 Å². The summed E-state index contributed by atoms with van der Waals surface area (Å²) in [4.78, 5) is 28.5. The number of piperidine rings is 1. The SMILES string of the molecule is CN1CCC(C(=O)c2cccc(N(C(N)=O)c3ccc(Cl)cc3)c2)CC1. The molecule has 136 valence electrons. The number of hydrogen-bond acceptors (Lipinski definition) is 3. The van der Waals surface area contributed by atoms with Crippen LogP contribution in [-0.4, -0.2) is 36.9 Å². The van der Waals surface area contributed by atoms with Crippen molar-refractivity contribution in [2.45, 2.75) is 12.8 Å². The van der Waals surface area contributed by atoms with E-state index in [-0.39, 0.29) is 11.7 Å². The van der Waals surface area contributed by atoms with Crippen molar-refractivity contribution in [2.24, 2.45) is 11.7 Å². The molecule has 0 bridgehead atoms. The standard InChI is InChI=1S/C20H22ClN3O2/c1-23-11-9-14(10-12-23)19(25)15-3-2-4-18(13-15)24(20(22)26)17-7-5-16(21)6-8-17/h2-8,13-14H,9-12H2,1H3,(H2,22,26). The lowest BCUT2D eigenvalue weighted by Crippen LogP contribution is -2.34. The third-order valence-corrected chi connectivity index (χ3v) is 5.04. The second-order valence-corrected chi connectivity index (χ2v) is 7.08. The Hall–Kier alpha value is -2.37. The van der Waals surface area contributed by atoms with E-state index in [0.717, 1.165) is 25.9 Å². The van der Waals surface area contributed by atoms with Gasteiger partial charge < -0.3 is 10.6 Å². The van der Waals surface area contributed by atoms with Crippen LogP contribution in [-0.2, 0) is 0 Å². The Morgan fingerprint density at radius 2 is 1.73 bits per heavy atom. The van der Waals surface area contributed by atoms with E-state index in [4.69, 9.17) is 17.3 Å². The van der Waals surface area contributed by atoms with Crippen LogP contribution in [0.5, 0.6) is 0 Å². The van der Waals surface area contributed by atoms with Gasteiger partial charge in [-0.3, -0.25) is 9.69 Å². The fraction of sp³-hybridized carbons (Fsp3) is 0.300. The summed E-state index contributed by atoms with van der Waals surface area (Å²) >= 11 is 5.92. The van der Waals surface area contributed by atoms with Gasteiger partial charge in [0.15, 0.2) is 5.78 Å². The number of carbonyl (C=O) groups is 2. The minimum Gasteiger partial charge on any atom is -0.351 e. The molecule has 2 aromatic rings. The first kappa shape index (κ1) is 18.4. The van der Waals surface area contributed by atoms with E-state index in [2.05, 4.69) is 11.9 Å². The number of Topliss-reactive ketones (excluding diaryl/α,β-unsaturated/α-hetero) is 1. The van der Waals surface area contributed by atoms with Crippen molar-refractivity contribution in [1.29, 1.82) is 0 Å². The Morgan fingerprint density at radius 1 is 1.08 bits per heavy atom. The van der Waals surface area contributed by atoms with Crippen molar-refractivity contribution in [3.05, 3.63) is 59.1 Å². The minimum atomic E-state index is -0.615. The van der Waals surface area contributed by atoms with Crippen LogP contribution in [0.3, 0.4) is 0 Å². The minimum absolute atomic E-state index is 0.0269. The Labute approximate surface area is 158 Å². The number of ketones is 1. The van der Waals surface area contributed by atoms with E-state index >= 15 is 0 Å². The molecule has 0 aliphatic carbocycles. The molecule has 1 aliphatic heterocycles. The highest BCUT2D eigenvalue weighted by molar-refractivity contribution is 6.30. The number of halogens is 1. The summed E-state index contributed by atoms with van der Waals surface area (Å²) < 4.78 is 0. The third-order valence-electron chi connectivity index (χ3n) is 4.78. The van der Waals surface area contributed by atoms with Gasteiger partial charge in [0, 0.05) is 16.5 Å². The number of likely N-dealkylation sites (tertiary alicyclic amines) is 1. The summed E-state index contributed by atoms with van der Waals surface area (Å²) in [6, 6.07) is 13.3. The van der Waals surface area contributed by atoms with E-state index in [9.17, 15) is 9.59 Å². The summed E-state index contributed by atoms with van der Waals surface area (Å²) in [6.07, 6.45) is 1.71. The number of hydrogen-bond donors (Lipinski definition) is 1. The van der Waals surface area contributed by atoms with Crippen LogP contribution in [0, 0.1) is 5.92 Å². The van der Waals surface area contributed by atoms with Gasteiger partial charge in [-0.05, 0) is 69.4 Å².